The molecule has 0 saturated carbocycles. The number of hydrogen-bond donors (Lipinski definition) is 0. The molecule has 0 spiro atoms. The molecule has 0 saturated heterocycles. The molecule has 0 aromatic heterocycles. The maximum atomic E-state index is 2.92. The molecule has 0 amide bonds. The summed E-state index contributed by atoms with van der Waals surface area (Å²) in [5.41, 5.74) is 0. The summed E-state index contributed by atoms with van der Waals surface area (Å²) in [4.78, 5) is 0. The Bertz CT molecular complexity index is 143. The maximum Gasteiger partial charge on any atom is 2.00 e. The molecule has 2 aliphatic rings. The van der Waals surface area contributed by atoms with Crippen molar-refractivity contribution in [1.82, 2.24) is 0 Å². The van der Waals surface area contributed by atoms with E-state index >= 15 is 0 Å². The van der Waals surface area contributed by atoms with Gasteiger partial charge in [-0.2, -0.15) is 12.2 Å². The third-order valence-corrected chi connectivity index (χ3v) is 1.17. The van der Waals surface area contributed by atoms with E-state index in [1.54, 1.807) is 0 Å². The van der Waals surface area contributed by atoms with Crippen molar-refractivity contribution in [2.45, 2.75) is 12.8 Å². The van der Waals surface area contributed by atoms with Gasteiger partial charge in [-0.3, -0.25) is 12.2 Å². The normalized spacial score (nSPS) is 16.0. The molecule has 2 aliphatic carbocycles. The largest absolute Gasteiger partial charge is 2.00 e. The van der Waals surface area contributed by atoms with Gasteiger partial charge in [-0.1, -0.05) is 0 Å². The van der Waals surface area contributed by atoms with Crippen LogP contribution in [0.5, 0.6) is 0 Å². The van der Waals surface area contributed by atoms with Crippen molar-refractivity contribution in [2.75, 3.05) is 0 Å². The number of hydrogen-bond acceptors (Lipinski definition) is 0. The Morgan fingerprint density at radius 3 is 1.36 bits per heavy atom. The first kappa shape index (κ1) is 10.6. The van der Waals surface area contributed by atoms with Crippen LogP contribution >= 0.6 is 0 Å². The molecular formula is C10H10Mo. The van der Waals surface area contributed by atoms with Crippen LogP contribution in [0.1, 0.15) is 12.8 Å². The summed E-state index contributed by atoms with van der Waals surface area (Å²) in [6.45, 7) is 0. The predicted molar refractivity (Wildman–Crippen MR) is 43.1 cm³/mol. The van der Waals surface area contributed by atoms with E-state index in [9.17, 15) is 0 Å². The fraction of sp³-hybridized carbons (Fsp3) is 0.200. The fourth-order valence-corrected chi connectivity index (χ4v) is 0.680. The minimum Gasteiger partial charge on any atom is -0.256 e. The van der Waals surface area contributed by atoms with Crippen LogP contribution in [-0.2, 0) is 21.1 Å². The zero-order valence-corrected chi connectivity index (χ0v) is 8.29. The van der Waals surface area contributed by atoms with Crippen LogP contribution < -0.4 is 0 Å². The Balaban J connectivity index is 0.000000167. The molecule has 1 heteroatoms. The van der Waals surface area contributed by atoms with Gasteiger partial charge in [0.05, 0.1) is 0 Å². The molecule has 2 rings (SSSR count). The Morgan fingerprint density at radius 1 is 0.818 bits per heavy atom. The van der Waals surface area contributed by atoms with Crippen molar-refractivity contribution < 1.29 is 21.1 Å². The average molecular weight is 226 g/mol. The summed E-state index contributed by atoms with van der Waals surface area (Å²) in [7, 11) is 0. The van der Waals surface area contributed by atoms with E-state index in [0.717, 1.165) is 12.8 Å². The molecule has 56 valence electrons. The minimum atomic E-state index is 0. The molecule has 0 heterocycles. The summed E-state index contributed by atoms with van der Waals surface area (Å²) >= 11 is 0. The number of allylic oxidation sites excluding steroid dienone is 8. The van der Waals surface area contributed by atoms with Gasteiger partial charge >= 0.3 is 21.1 Å². The van der Waals surface area contributed by atoms with E-state index in [1.807, 2.05) is 24.3 Å². The summed E-state index contributed by atoms with van der Waals surface area (Å²) in [5.74, 6) is 0. The number of rotatable bonds is 0. The maximum absolute atomic E-state index is 2.92. The van der Waals surface area contributed by atoms with Gasteiger partial charge in [-0.25, -0.2) is 24.3 Å². The average Bonchev–Trinajstić information content (AvgIpc) is 2.67. The van der Waals surface area contributed by atoms with Crippen molar-refractivity contribution in [3.8, 4) is 0 Å². The monoisotopic (exact) mass is 228 g/mol. The second-order valence-electron chi connectivity index (χ2n) is 2.02. The molecule has 0 aliphatic heterocycles. The van der Waals surface area contributed by atoms with Gasteiger partial charge in [0.2, 0.25) is 0 Å². The van der Waals surface area contributed by atoms with Crippen molar-refractivity contribution in [1.29, 1.82) is 0 Å². The van der Waals surface area contributed by atoms with Gasteiger partial charge in [0.25, 0.3) is 0 Å². The van der Waals surface area contributed by atoms with Crippen LogP contribution in [0.2, 0.25) is 0 Å². The molecule has 11 heavy (non-hydrogen) atoms. The van der Waals surface area contributed by atoms with Gasteiger partial charge in [-0.05, 0) is 0 Å². The topological polar surface area (TPSA) is 0 Å². The van der Waals surface area contributed by atoms with Gasteiger partial charge in [0, 0.05) is 0 Å². The van der Waals surface area contributed by atoms with E-state index in [-0.39, 0.29) is 21.1 Å². The Hall–Kier alpha value is -0.352. The van der Waals surface area contributed by atoms with E-state index in [4.69, 9.17) is 0 Å². The second-order valence-corrected chi connectivity index (χ2v) is 2.02. The first-order valence-corrected chi connectivity index (χ1v) is 3.45. The van der Waals surface area contributed by atoms with Crippen LogP contribution in [0.3, 0.4) is 0 Å². The fourth-order valence-electron chi connectivity index (χ4n) is 0.680. The van der Waals surface area contributed by atoms with E-state index < -0.39 is 0 Å². The predicted octanol–water partition coefficient (Wildman–Crippen LogP) is 2.61. The minimum absolute atomic E-state index is 0. The summed E-state index contributed by atoms with van der Waals surface area (Å²) < 4.78 is 0. The van der Waals surface area contributed by atoms with Gasteiger partial charge in [-0.15, -0.1) is 12.8 Å². The van der Waals surface area contributed by atoms with Crippen LogP contribution in [0.25, 0.3) is 0 Å². The molecule has 0 aromatic carbocycles. The standard InChI is InChI=1S/2C5H5.Mo/c2*1-2-4-5-3-1;/h2*1-2,5H,3H2;/q2*-1;+2. The molecule has 0 bridgehead atoms. The smallest absolute Gasteiger partial charge is 0.256 e. The van der Waals surface area contributed by atoms with Gasteiger partial charge in [0.15, 0.2) is 0 Å². The van der Waals surface area contributed by atoms with Crippen molar-refractivity contribution in [3.05, 3.63) is 48.6 Å². The van der Waals surface area contributed by atoms with E-state index in [2.05, 4.69) is 24.3 Å². The molecular weight excluding hydrogens is 216 g/mol. The van der Waals surface area contributed by atoms with Crippen LogP contribution in [0.15, 0.2) is 36.5 Å². The Morgan fingerprint density at radius 2 is 1.27 bits per heavy atom. The summed E-state index contributed by atoms with van der Waals surface area (Å²) in [6.07, 6.45) is 20.0. The third kappa shape index (κ3) is 6.06. The first-order chi connectivity index (χ1) is 5.00. The molecule has 0 radical (unpaired) electrons. The Kier molecular flexibility index (Phi) is 7.50. The quantitative estimate of drug-likeness (QED) is 0.440. The van der Waals surface area contributed by atoms with Gasteiger partial charge < -0.3 is 0 Å². The molecule has 0 atom stereocenters. The van der Waals surface area contributed by atoms with E-state index in [0.29, 0.717) is 0 Å². The van der Waals surface area contributed by atoms with Crippen LogP contribution in [-0.4, -0.2) is 0 Å². The summed E-state index contributed by atoms with van der Waals surface area (Å²) in [5, 5.41) is 0. The zero-order valence-electron chi connectivity index (χ0n) is 6.29. The van der Waals surface area contributed by atoms with E-state index in [1.165, 1.54) is 0 Å². The Labute approximate surface area is 82.6 Å². The molecule has 0 unspecified atom stereocenters. The van der Waals surface area contributed by atoms with Crippen molar-refractivity contribution >= 4 is 0 Å². The second kappa shape index (κ2) is 7.75. The summed E-state index contributed by atoms with van der Waals surface area (Å²) in [6, 6.07) is 0. The van der Waals surface area contributed by atoms with Crippen molar-refractivity contribution in [3.63, 3.8) is 0 Å². The van der Waals surface area contributed by atoms with Crippen LogP contribution in [0, 0.1) is 12.2 Å². The van der Waals surface area contributed by atoms with Gasteiger partial charge in [0.1, 0.15) is 0 Å². The third-order valence-electron chi connectivity index (χ3n) is 1.17. The van der Waals surface area contributed by atoms with Crippen molar-refractivity contribution in [2.24, 2.45) is 0 Å². The zero-order chi connectivity index (χ0) is 7.07. The molecule has 0 aromatic rings. The molecule has 0 fully saturated rings. The first-order valence-electron chi connectivity index (χ1n) is 3.45. The van der Waals surface area contributed by atoms with Crippen LogP contribution in [0.4, 0.5) is 0 Å². The SMILES string of the molecule is [C-]1=CCC=C1.[C-]1=CCC=C1.[Mo+2]. The molecule has 0 N–H and O–H groups in total. The molecule has 0 nitrogen and oxygen atoms in total.